The van der Waals surface area contributed by atoms with Crippen LogP contribution in [0.15, 0.2) is 21.6 Å². The molecule has 3 heterocycles. The zero-order valence-electron chi connectivity index (χ0n) is 16.1. The number of ether oxygens (including phenoxy) is 1. The van der Waals surface area contributed by atoms with Gasteiger partial charge in [0.25, 0.3) is 5.91 Å². The molecule has 0 aromatic carbocycles. The molecule has 1 unspecified atom stereocenters. The lowest BCUT2D eigenvalue weighted by molar-refractivity contribution is 0.0943. The molecule has 2 aromatic rings. The fourth-order valence-electron chi connectivity index (χ4n) is 4.17. The zero-order chi connectivity index (χ0) is 19.5. The van der Waals surface area contributed by atoms with E-state index in [0.717, 1.165) is 19.3 Å². The second-order valence-electron chi connectivity index (χ2n) is 7.68. The van der Waals surface area contributed by atoms with Gasteiger partial charge in [-0.25, -0.2) is 4.79 Å². The van der Waals surface area contributed by atoms with Gasteiger partial charge in [-0.2, -0.15) is 0 Å². The number of amides is 1. The van der Waals surface area contributed by atoms with Gasteiger partial charge in [-0.1, -0.05) is 19.3 Å². The summed E-state index contributed by atoms with van der Waals surface area (Å²) in [4.78, 5) is 25.1. The standard InChI is InChI=1S/C20H26N4O4/c1-13-9-16(14-7-8-27-11-14)28-20(26)18(13)19(25)21-10-17-23-22-12-24(17)15-5-3-2-4-6-15/h9,12,14-15H,2-8,10-11H2,1H3,(H,21,25). The maximum Gasteiger partial charge on any atom is 0.349 e. The van der Waals surface area contributed by atoms with E-state index in [0.29, 0.717) is 36.4 Å². The Hall–Kier alpha value is -2.48. The number of aryl methyl sites for hydroxylation is 1. The highest BCUT2D eigenvalue weighted by Gasteiger charge is 2.24. The summed E-state index contributed by atoms with van der Waals surface area (Å²) in [5.41, 5.74) is 0.0592. The van der Waals surface area contributed by atoms with Gasteiger partial charge in [-0.15, -0.1) is 10.2 Å². The molecule has 2 aliphatic rings. The average molecular weight is 386 g/mol. The van der Waals surface area contributed by atoms with Gasteiger partial charge in [0.2, 0.25) is 0 Å². The molecule has 8 nitrogen and oxygen atoms in total. The molecule has 1 aliphatic heterocycles. The van der Waals surface area contributed by atoms with Gasteiger partial charge in [0.05, 0.1) is 13.2 Å². The molecule has 150 valence electrons. The molecule has 2 aromatic heterocycles. The second kappa shape index (κ2) is 8.26. The first-order chi connectivity index (χ1) is 13.6. The first-order valence-corrected chi connectivity index (χ1v) is 10.0. The Morgan fingerprint density at radius 1 is 1.29 bits per heavy atom. The highest BCUT2D eigenvalue weighted by atomic mass is 16.5. The minimum Gasteiger partial charge on any atom is -0.427 e. The van der Waals surface area contributed by atoms with Crippen LogP contribution in [0.3, 0.4) is 0 Å². The summed E-state index contributed by atoms with van der Waals surface area (Å²) in [6.45, 7) is 3.20. The molecule has 1 saturated heterocycles. The summed E-state index contributed by atoms with van der Waals surface area (Å²) in [7, 11) is 0. The fraction of sp³-hybridized carbons (Fsp3) is 0.600. The maximum atomic E-state index is 12.6. The number of carbonyl (C=O) groups excluding carboxylic acids is 1. The van der Waals surface area contributed by atoms with Gasteiger partial charge in [-0.05, 0) is 37.8 Å². The van der Waals surface area contributed by atoms with Gasteiger partial charge >= 0.3 is 5.63 Å². The molecule has 28 heavy (non-hydrogen) atoms. The van der Waals surface area contributed by atoms with Crippen molar-refractivity contribution >= 4 is 5.91 Å². The van der Waals surface area contributed by atoms with Crippen LogP contribution in [0.25, 0.3) is 0 Å². The van der Waals surface area contributed by atoms with Crippen molar-refractivity contribution in [2.45, 2.75) is 64.0 Å². The topological polar surface area (TPSA) is 99.2 Å². The molecule has 4 rings (SSSR count). The van der Waals surface area contributed by atoms with Crippen LogP contribution in [0, 0.1) is 6.92 Å². The SMILES string of the molecule is Cc1cc(C2CCOC2)oc(=O)c1C(=O)NCc1nncn1C1CCCCC1. The summed E-state index contributed by atoms with van der Waals surface area (Å²) in [5, 5.41) is 11.0. The fourth-order valence-corrected chi connectivity index (χ4v) is 4.17. The van der Waals surface area contributed by atoms with Crippen LogP contribution < -0.4 is 10.9 Å². The normalized spacial score (nSPS) is 20.4. The Labute approximate surface area is 163 Å². The van der Waals surface area contributed by atoms with Gasteiger partial charge in [0.1, 0.15) is 17.7 Å². The van der Waals surface area contributed by atoms with E-state index in [1.165, 1.54) is 19.3 Å². The molecule has 1 N–H and O–H groups in total. The third kappa shape index (κ3) is 3.87. The van der Waals surface area contributed by atoms with Crippen molar-refractivity contribution in [2.75, 3.05) is 13.2 Å². The van der Waals surface area contributed by atoms with E-state index in [1.54, 1.807) is 19.3 Å². The quantitative estimate of drug-likeness (QED) is 0.847. The van der Waals surface area contributed by atoms with Gasteiger partial charge in [-0.3, -0.25) is 4.79 Å². The zero-order valence-corrected chi connectivity index (χ0v) is 16.1. The number of carbonyl (C=O) groups is 1. The molecular formula is C20H26N4O4. The minimum atomic E-state index is -0.604. The van der Waals surface area contributed by atoms with Gasteiger partial charge in [0, 0.05) is 18.6 Å². The summed E-state index contributed by atoms with van der Waals surface area (Å²) in [6.07, 6.45) is 8.44. The van der Waals surface area contributed by atoms with Crippen LogP contribution in [0.1, 0.15) is 78.0 Å². The second-order valence-corrected chi connectivity index (χ2v) is 7.68. The number of rotatable bonds is 5. The minimum absolute atomic E-state index is 0.0476. The van der Waals surface area contributed by atoms with Crippen LogP contribution in [0.2, 0.25) is 0 Å². The van der Waals surface area contributed by atoms with E-state index < -0.39 is 11.5 Å². The lowest BCUT2D eigenvalue weighted by atomic mass is 9.95. The average Bonchev–Trinajstić information content (AvgIpc) is 3.38. The molecule has 0 radical (unpaired) electrons. The van der Waals surface area contributed by atoms with Crippen molar-refractivity contribution in [1.82, 2.24) is 20.1 Å². The molecule has 0 bridgehead atoms. The molecule has 1 aliphatic carbocycles. The van der Waals surface area contributed by atoms with Crippen molar-refractivity contribution < 1.29 is 13.9 Å². The number of nitrogens with one attached hydrogen (secondary N) is 1. The van der Waals surface area contributed by atoms with Crippen LogP contribution >= 0.6 is 0 Å². The van der Waals surface area contributed by atoms with Crippen molar-refractivity contribution in [2.24, 2.45) is 0 Å². The summed E-state index contributed by atoms with van der Waals surface area (Å²) < 4.78 is 12.8. The van der Waals surface area contributed by atoms with Gasteiger partial charge in [0.15, 0.2) is 5.82 Å². The van der Waals surface area contributed by atoms with E-state index in [-0.39, 0.29) is 18.0 Å². The molecule has 1 saturated carbocycles. The molecule has 0 spiro atoms. The first kappa shape index (κ1) is 18.9. The third-order valence-electron chi connectivity index (χ3n) is 5.75. The van der Waals surface area contributed by atoms with Crippen LogP contribution in [-0.2, 0) is 11.3 Å². The summed E-state index contributed by atoms with van der Waals surface area (Å²) >= 11 is 0. The Morgan fingerprint density at radius 3 is 2.82 bits per heavy atom. The number of nitrogens with zero attached hydrogens (tertiary/aromatic N) is 3. The van der Waals surface area contributed by atoms with Crippen LogP contribution in [0.5, 0.6) is 0 Å². The Balaban J connectivity index is 1.46. The predicted octanol–water partition coefficient (Wildman–Crippen LogP) is 2.48. The first-order valence-electron chi connectivity index (χ1n) is 10.0. The molecule has 2 fully saturated rings. The lowest BCUT2D eigenvalue weighted by Crippen LogP contribution is -2.31. The van der Waals surface area contributed by atoms with E-state index in [9.17, 15) is 9.59 Å². The van der Waals surface area contributed by atoms with Gasteiger partial charge < -0.3 is 19.0 Å². The lowest BCUT2D eigenvalue weighted by Gasteiger charge is -2.24. The van der Waals surface area contributed by atoms with Crippen LogP contribution in [0.4, 0.5) is 0 Å². The van der Waals surface area contributed by atoms with Crippen molar-refractivity contribution in [3.8, 4) is 0 Å². The van der Waals surface area contributed by atoms with Crippen molar-refractivity contribution in [3.63, 3.8) is 0 Å². The Morgan fingerprint density at radius 2 is 2.11 bits per heavy atom. The largest absolute Gasteiger partial charge is 0.427 e. The number of hydrogen-bond acceptors (Lipinski definition) is 6. The Bertz CT molecular complexity index is 892. The third-order valence-corrected chi connectivity index (χ3v) is 5.75. The van der Waals surface area contributed by atoms with Crippen molar-refractivity contribution in [1.29, 1.82) is 0 Å². The van der Waals surface area contributed by atoms with Crippen LogP contribution in [-0.4, -0.2) is 33.9 Å². The van der Waals surface area contributed by atoms with Crippen molar-refractivity contribution in [3.05, 3.63) is 45.5 Å². The predicted molar refractivity (Wildman–Crippen MR) is 101 cm³/mol. The Kier molecular flexibility index (Phi) is 5.57. The molecular weight excluding hydrogens is 360 g/mol. The molecule has 8 heteroatoms. The summed E-state index contributed by atoms with van der Waals surface area (Å²) in [6, 6.07) is 2.16. The van der Waals surface area contributed by atoms with E-state index in [1.807, 2.05) is 0 Å². The van der Waals surface area contributed by atoms with E-state index in [4.69, 9.17) is 9.15 Å². The number of hydrogen-bond donors (Lipinski definition) is 1. The van der Waals surface area contributed by atoms with E-state index in [2.05, 4.69) is 20.1 Å². The number of aromatic nitrogens is 3. The highest BCUT2D eigenvalue weighted by molar-refractivity contribution is 5.95. The highest BCUT2D eigenvalue weighted by Crippen LogP contribution is 2.28. The monoisotopic (exact) mass is 386 g/mol. The summed E-state index contributed by atoms with van der Waals surface area (Å²) in [5.74, 6) is 0.937. The molecule has 1 amide bonds. The maximum absolute atomic E-state index is 12.6. The smallest absolute Gasteiger partial charge is 0.349 e. The molecule has 1 atom stereocenters. The van der Waals surface area contributed by atoms with E-state index >= 15 is 0 Å².